The Bertz CT molecular complexity index is 1030. The zero-order chi connectivity index (χ0) is 22.3. The Kier molecular flexibility index (Phi) is 8.00. The van der Waals surface area contributed by atoms with Crippen molar-refractivity contribution in [2.75, 3.05) is 19.0 Å². The molecular formula is C22H26N2O5S2. The number of amides is 1. The number of nitrogens with one attached hydrogen (secondary N) is 1. The van der Waals surface area contributed by atoms with Gasteiger partial charge in [-0.1, -0.05) is 37.5 Å². The average Bonchev–Trinajstić information content (AvgIpc) is 3.30. The Morgan fingerprint density at radius 3 is 2.61 bits per heavy atom. The van der Waals surface area contributed by atoms with Crippen LogP contribution in [0.2, 0.25) is 0 Å². The average molecular weight is 463 g/mol. The monoisotopic (exact) mass is 462 g/mol. The van der Waals surface area contributed by atoms with E-state index in [9.17, 15) is 18.0 Å². The van der Waals surface area contributed by atoms with E-state index in [0.29, 0.717) is 0 Å². The molecular weight excluding hydrogens is 436 g/mol. The van der Waals surface area contributed by atoms with E-state index in [-0.39, 0.29) is 16.6 Å². The maximum atomic E-state index is 13.2. The molecule has 1 heterocycles. The van der Waals surface area contributed by atoms with E-state index in [1.165, 1.54) is 33.9 Å². The first-order valence-electron chi connectivity index (χ1n) is 10.1. The van der Waals surface area contributed by atoms with Crippen LogP contribution in [0.1, 0.15) is 37.0 Å². The standard InChI is InChI=1S/C22H26N2O5S2/c1-24(17-8-3-2-4-9-17)31(27,28)20-12-6-5-11-19(20)23-21(25)16-29-22(26)14-13-18-10-7-15-30-18/h5-7,10-15,17H,2-4,8-9,16H2,1H3,(H,23,25)/b14-13+. The molecule has 0 atom stereocenters. The SMILES string of the molecule is CN(C1CCCCC1)S(=O)(=O)c1ccccc1NC(=O)COC(=O)/C=C/c1cccs1. The van der Waals surface area contributed by atoms with Gasteiger partial charge in [0.05, 0.1) is 5.69 Å². The van der Waals surface area contributed by atoms with Gasteiger partial charge in [0, 0.05) is 24.0 Å². The first-order chi connectivity index (χ1) is 14.9. The lowest BCUT2D eigenvalue weighted by molar-refractivity contribution is -0.142. The van der Waals surface area contributed by atoms with Gasteiger partial charge in [-0.3, -0.25) is 4.79 Å². The van der Waals surface area contributed by atoms with Crippen molar-refractivity contribution in [3.63, 3.8) is 0 Å². The van der Waals surface area contributed by atoms with Crippen LogP contribution < -0.4 is 5.32 Å². The van der Waals surface area contributed by atoms with Crippen molar-refractivity contribution in [2.45, 2.75) is 43.0 Å². The van der Waals surface area contributed by atoms with E-state index in [1.54, 1.807) is 25.3 Å². The summed E-state index contributed by atoms with van der Waals surface area (Å²) in [5.41, 5.74) is 0.167. The highest BCUT2D eigenvalue weighted by atomic mass is 32.2. The minimum absolute atomic E-state index is 0.0281. The molecule has 0 bridgehead atoms. The summed E-state index contributed by atoms with van der Waals surface area (Å²) in [5.74, 6) is -1.26. The fourth-order valence-electron chi connectivity index (χ4n) is 3.50. The molecule has 1 saturated carbocycles. The van der Waals surface area contributed by atoms with Crippen LogP contribution in [0.15, 0.2) is 52.7 Å². The number of rotatable bonds is 8. The van der Waals surface area contributed by atoms with Gasteiger partial charge >= 0.3 is 5.97 Å². The molecule has 3 rings (SSSR count). The largest absolute Gasteiger partial charge is 0.452 e. The third kappa shape index (κ3) is 6.25. The molecule has 1 amide bonds. The van der Waals surface area contributed by atoms with Gasteiger partial charge in [0.25, 0.3) is 5.91 Å². The van der Waals surface area contributed by atoms with Gasteiger partial charge in [-0.15, -0.1) is 11.3 Å². The summed E-state index contributed by atoms with van der Waals surface area (Å²) in [4.78, 5) is 25.0. The number of anilines is 1. The van der Waals surface area contributed by atoms with Crippen molar-refractivity contribution in [2.24, 2.45) is 0 Å². The molecule has 0 aliphatic heterocycles. The lowest BCUT2D eigenvalue weighted by Crippen LogP contribution is -2.38. The first kappa shape index (κ1) is 23.2. The zero-order valence-corrected chi connectivity index (χ0v) is 19.0. The van der Waals surface area contributed by atoms with Crippen LogP contribution >= 0.6 is 11.3 Å². The smallest absolute Gasteiger partial charge is 0.331 e. The fraction of sp³-hybridized carbons (Fsp3) is 0.364. The summed E-state index contributed by atoms with van der Waals surface area (Å²) in [6.45, 7) is -0.513. The number of hydrogen-bond donors (Lipinski definition) is 1. The molecule has 31 heavy (non-hydrogen) atoms. The molecule has 2 aromatic rings. The minimum atomic E-state index is -3.78. The molecule has 0 unspecified atom stereocenters. The Balaban J connectivity index is 1.63. The van der Waals surface area contributed by atoms with Gasteiger partial charge in [-0.05, 0) is 42.5 Å². The molecule has 0 spiro atoms. The van der Waals surface area contributed by atoms with Gasteiger partial charge in [-0.25, -0.2) is 13.2 Å². The van der Waals surface area contributed by atoms with Gasteiger partial charge in [0.2, 0.25) is 10.0 Å². The highest BCUT2D eigenvalue weighted by Gasteiger charge is 2.31. The maximum Gasteiger partial charge on any atom is 0.331 e. The highest BCUT2D eigenvalue weighted by molar-refractivity contribution is 7.89. The Hall–Kier alpha value is -2.49. The number of esters is 1. The molecule has 166 valence electrons. The number of ether oxygens (including phenoxy) is 1. The number of thiophene rings is 1. The van der Waals surface area contributed by atoms with Crippen LogP contribution in [0.4, 0.5) is 5.69 Å². The number of hydrogen-bond acceptors (Lipinski definition) is 6. The van der Waals surface area contributed by atoms with E-state index >= 15 is 0 Å². The van der Waals surface area contributed by atoms with Crippen molar-refractivity contribution in [3.8, 4) is 0 Å². The lowest BCUT2D eigenvalue weighted by Gasteiger charge is -2.30. The van der Waals surface area contributed by atoms with Crippen LogP contribution in [-0.4, -0.2) is 44.3 Å². The first-order valence-corrected chi connectivity index (χ1v) is 12.4. The van der Waals surface area contributed by atoms with Crippen LogP contribution in [0, 0.1) is 0 Å². The van der Waals surface area contributed by atoms with Crippen LogP contribution in [0.5, 0.6) is 0 Å². The third-order valence-electron chi connectivity index (χ3n) is 5.18. The van der Waals surface area contributed by atoms with Crippen LogP contribution in [0.3, 0.4) is 0 Å². The number of carbonyl (C=O) groups is 2. The van der Waals surface area contributed by atoms with Gasteiger partial charge in [0.15, 0.2) is 6.61 Å². The number of carbonyl (C=O) groups excluding carboxylic acids is 2. The molecule has 1 N–H and O–H groups in total. The Morgan fingerprint density at radius 2 is 1.90 bits per heavy atom. The van der Waals surface area contributed by atoms with Crippen LogP contribution in [0.25, 0.3) is 6.08 Å². The van der Waals surface area contributed by atoms with Crippen molar-refractivity contribution in [3.05, 3.63) is 52.7 Å². The summed E-state index contributed by atoms with van der Waals surface area (Å²) < 4.78 is 32.7. The third-order valence-corrected chi connectivity index (χ3v) is 7.99. The predicted molar refractivity (Wildman–Crippen MR) is 121 cm³/mol. The summed E-state index contributed by atoms with van der Waals surface area (Å²) in [6.07, 6.45) is 7.66. The summed E-state index contributed by atoms with van der Waals surface area (Å²) >= 11 is 1.47. The topological polar surface area (TPSA) is 92.8 Å². The van der Waals surface area contributed by atoms with E-state index in [4.69, 9.17) is 4.74 Å². The molecule has 1 aliphatic carbocycles. The second-order valence-corrected chi connectivity index (χ2v) is 10.3. The van der Waals surface area contributed by atoms with Crippen molar-refractivity contribution in [1.29, 1.82) is 0 Å². The number of benzene rings is 1. The molecule has 9 heteroatoms. The molecule has 1 fully saturated rings. The molecule has 1 aromatic heterocycles. The number of nitrogens with zero attached hydrogens (tertiary/aromatic N) is 1. The zero-order valence-electron chi connectivity index (χ0n) is 17.3. The molecule has 1 aliphatic rings. The second kappa shape index (κ2) is 10.7. The molecule has 0 saturated heterocycles. The Morgan fingerprint density at radius 1 is 1.16 bits per heavy atom. The normalized spacial score (nSPS) is 15.3. The lowest BCUT2D eigenvalue weighted by atomic mass is 9.96. The van der Waals surface area contributed by atoms with Crippen molar-refractivity contribution >= 4 is 45.0 Å². The molecule has 7 nitrogen and oxygen atoms in total. The van der Waals surface area contributed by atoms with E-state index in [1.807, 2.05) is 17.5 Å². The molecule has 1 aromatic carbocycles. The van der Waals surface area contributed by atoms with Crippen molar-refractivity contribution in [1.82, 2.24) is 4.31 Å². The minimum Gasteiger partial charge on any atom is -0.452 e. The summed E-state index contributed by atoms with van der Waals surface area (Å²) in [7, 11) is -2.19. The predicted octanol–water partition coefficient (Wildman–Crippen LogP) is 3.90. The Labute approximate surface area is 186 Å². The fourth-order valence-corrected chi connectivity index (χ4v) is 5.68. The van der Waals surface area contributed by atoms with Gasteiger partial charge < -0.3 is 10.1 Å². The number of sulfonamides is 1. The van der Waals surface area contributed by atoms with E-state index in [0.717, 1.165) is 37.0 Å². The van der Waals surface area contributed by atoms with E-state index in [2.05, 4.69) is 5.32 Å². The quantitative estimate of drug-likeness (QED) is 0.474. The summed E-state index contributed by atoms with van der Waals surface area (Å²) in [5, 5.41) is 4.44. The van der Waals surface area contributed by atoms with Crippen molar-refractivity contribution < 1.29 is 22.7 Å². The van der Waals surface area contributed by atoms with E-state index < -0.39 is 28.5 Å². The van der Waals surface area contributed by atoms with Gasteiger partial charge in [-0.2, -0.15) is 4.31 Å². The number of para-hydroxylation sites is 1. The summed E-state index contributed by atoms with van der Waals surface area (Å²) in [6, 6.07) is 9.93. The maximum absolute atomic E-state index is 13.2. The second-order valence-electron chi connectivity index (χ2n) is 7.31. The van der Waals surface area contributed by atoms with Gasteiger partial charge in [0.1, 0.15) is 4.90 Å². The highest BCUT2D eigenvalue weighted by Crippen LogP contribution is 2.29. The van der Waals surface area contributed by atoms with Crippen LogP contribution in [-0.2, 0) is 24.3 Å². The molecule has 0 radical (unpaired) electrons.